The number of hydrogen-bond acceptors (Lipinski definition) is 4. The van der Waals surface area contributed by atoms with Crippen LogP contribution in [0.5, 0.6) is 0 Å². The number of piperidine rings is 1. The van der Waals surface area contributed by atoms with E-state index in [2.05, 4.69) is 4.98 Å². The Labute approximate surface area is 118 Å². The number of anilines is 1. The SMILES string of the molecule is CN(c1ccccn1)S(=O)(=O)N1CCCC(C(=O)O)C1. The summed E-state index contributed by atoms with van der Waals surface area (Å²) in [5, 5.41) is 9.03. The summed E-state index contributed by atoms with van der Waals surface area (Å²) in [6.45, 7) is 0.345. The molecule has 1 aliphatic heterocycles. The number of hydrogen-bond donors (Lipinski definition) is 1. The van der Waals surface area contributed by atoms with Gasteiger partial charge in [0.25, 0.3) is 0 Å². The van der Waals surface area contributed by atoms with E-state index in [1.54, 1.807) is 18.2 Å². The van der Waals surface area contributed by atoms with Gasteiger partial charge in [0.1, 0.15) is 5.82 Å². The van der Waals surface area contributed by atoms with Gasteiger partial charge in [-0.1, -0.05) is 6.07 Å². The van der Waals surface area contributed by atoms with Crippen LogP contribution in [0.2, 0.25) is 0 Å². The van der Waals surface area contributed by atoms with Gasteiger partial charge < -0.3 is 5.11 Å². The first-order valence-electron chi connectivity index (χ1n) is 6.31. The van der Waals surface area contributed by atoms with Gasteiger partial charge in [0, 0.05) is 26.3 Å². The Kier molecular flexibility index (Phi) is 4.24. The van der Waals surface area contributed by atoms with E-state index in [4.69, 9.17) is 5.11 Å². The van der Waals surface area contributed by atoms with Crippen LogP contribution < -0.4 is 4.31 Å². The Morgan fingerprint density at radius 2 is 2.25 bits per heavy atom. The fraction of sp³-hybridized carbons (Fsp3) is 0.500. The predicted octanol–water partition coefficient (Wildman–Crippen LogP) is 0.559. The topological polar surface area (TPSA) is 90.8 Å². The molecule has 0 aliphatic carbocycles. The van der Waals surface area contributed by atoms with E-state index in [0.717, 1.165) is 4.31 Å². The summed E-state index contributed by atoms with van der Waals surface area (Å²) >= 11 is 0. The van der Waals surface area contributed by atoms with Crippen molar-refractivity contribution in [2.45, 2.75) is 12.8 Å². The van der Waals surface area contributed by atoms with E-state index in [-0.39, 0.29) is 6.54 Å². The maximum atomic E-state index is 12.5. The molecule has 0 amide bonds. The number of rotatable bonds is 4. The van der Waals surface area contributed by atoms with Crippen molar-refractivity contribution in [1.82, 2.24) is 9.29 Å². The summed E-state index contributed by atoms with van der Waals surface area (Å²) < 4.78 is 27.2. The highest BCUT2D eigenvalue weighted by Gasteiger charge is 2.34. The molecule has 1 unspecified atom stereocenters. The second-order valence-corrected chi connectivity index (χ2v) is 6.66. The van der Waals surface area contributed by atoms with Crippen LogP contribution in [-0.2, 0) is 15.0 Å². The van der Waals surface area contributed by atoms with Crippen LogP contribution in [0, 0.1) is 5.92 Å². The molecule has 110 valence electrons. The quantitative estimate of drug-likeness (QED) is 0.877. The number of aliphatic carboxylic acids is 1. The zero-order valence-electron chi connectivity index (χ0n) is 11.1. The van der Waals surface area contributed by atoms with Crippen LogP contribution in [0.15, 0.2) is 24.4 Å². The molecule has 1 fully saturated rings. The lowest BCUT2D eigenvalue weighted by Gasteiger charge is -2.33. The van der Waals surface area contributed by atoms with E-state index in [0.29, 0.717) is 25.2 Å². The number of carboxylic acids is 1. The summed E-state index contributed by atoms with van der Waals surface area (Å²) in [6, 6.07) is 4.99. The molecule has 0 aromatic carbocycles. The maximum absolute atomic E-state index is 12.5. The molecule has 0 radical (unpaired) electrons. The molecule has 0 bridgehead atoms. The Balaban J connectivity index is 2.20. The van der Waals surface area contributed by atoms with Crippen molar-refractivity contribution in [3.05, 3.63) is 24.4 Å². The Morgan fingerprint density at radius 1 is 1.50 bits per heavy atom. The van der Waals surface area contributed by atoms with Gasteiger partial charge in [-0.3, -0.25) is 4.79 Å². The van der Waals surface area contributed by atoms with Gasteiger partial charge in [0.15, 0.2) is 0 Å². The van der Waals surface area contributed by atoms with E-state index in [1.165, 1.54) is 17.5 Å². The Hall–Kier alpha value is -1.67. The first-order chi connectivity index (χ1) is 9.43. The number of pyridine rings is 1. The third-order valence-corrected chi connectivity index (χ3v) is 5.24. The van der Waals surface area contributed by atoms with Crippen molar-refractivity contribution in [1.29, 1.82) is 0 Å². The van der Waals surface area contributed by atoms with E-state index in [9.17, 15) is 13.2 Å². The zero-order chi connectivity index (χ0) is 14.8. The second kappa shape index (κ2) is 5.76. The molecule has 8 heteroatoms. The van der Waals surface area contributed by atoms with Gasteiger partial charge in [0.2, 0.25) is 0 Å². The maximum Gasteiger partial charge on any atom is 0.307 e. The van der Waals surface area contributed by atoms with Crippen LogP contribution in [0.3, 0.4) is 0 Å². The van der Waals surface area contributed by atoms with Crippen molar-refractivity contribution < 1.29 is 18.3 Å². The molecule has 1 saturated heterocycles. The minimum absolute atomic E-state index is 0.00877. The molecule has 20 heavy (non-hydrogen) atoms. The van der Waals surface area contributed by atoms with Crippen LogP contribution in [-0.4, -0.2) is 48.9 Å². The first-order valence-corrected chi connectivity index (χ1v) is 7.70. The van der Waals surface area contributed by atoms with E-state index in [1.807, 2.05) is 0 Å². The van der Waals surface area contributed by atoms with Gasteiger partial charge in [0.05, 0.1) is 5.92 Å². The molecule has 2 heterocycles. The van der Waals surface area contributed by atoms with Crippen molar-refractivity contribution in [2.24, 2.45) is 5.92 Å². The van der Waals surface area contributed by atoms with Gasteiger partial charge >= 0.3 is 16.2 Å². The smallest absolute Gasteiger partial charge is 0.307 e. The molecule has 2 rings (SSSR count). The van der Waals surface area contributed by atoms with Gasteiger partial charge in [-0.25, -0.2) is 9.29 Å². The molecule has 1 aromatic heterocycles. The van der Waals surface area contributed by atoms with E-state index < -0.39 is 22.1 Å². The molecule has 1 N–H and O–H groups in total. The number of aromatic nitrogens is 1. The largest absolute Gasteiger partial charge is 0.481 e. The predicted molar refractivity (Wildman–Crippen MR) is 73.5 cm³/mol. The van der Waals surface area contributed by atoms with Gasteiger partial charge in [-0.15, -0.1) is 0 Å². The first kappa shape index (κ1) is 14.7. The molecule has 1 aliphatic rings. The lowest BCUT2D eigenvalue weighted by molar-refractivity contribution is -0.142. The second-order valence-electron chi connectivity index (χ2n) is 4.70. The van der Waals surface area contributed by atoms with Crippen molar-refractivity contribution in [2.75, 3.05) is 24.4 Å². The minimum atomic E-state index is -3.74. The van der Waals surface area contributed by atoms with Crippen LogP contribution in [0.4, 0.5) is 5.82 Å². The third-order valence-electron chi connectivity index (χ3n) is 3.38. The summed E-state index contributed by atoms with van der Waals surface area (Å²) in [6.07, 6.45) is 2.57. The molecular weight excluding hydrogens is 282 g/mol. The Morgan fingerprint density at radius 3 is 2.85 bits per heavy atom. The molecule has 1 atom stereocenters. The lowest BCUT2D eigenvalue weighted by atomic mass is 10.0. The summed E-state index contributed by atoms with van der Waals surface area (Å²) in [4.78, 5) is 15.0. The monoisotopic (exact) mass is 299 g/mol. The van der Waals surface area contributed by atoms with Crippen LogP contribution in [0.25, 0.3) is 0 Å². The lowest BCUT2D eigenvalue weighted by Crippen LogP contribution is -2.48. The molecule has 1 aromatic rings. The summed E-state index contributed by atoms with van der Waals surface area (Å²) in [7, 11) is -2.32. The zero-order valence-corrected chi connectivity index (χ0v) is 12.0. The Bertz CT molecular complexity index is 576. The highest BCUT2D eigenvalue weighted by Crippen LogP contribution is 2.23. The number of carboxylic acid groups (broad SMARTS) is 1. The van der Waals surface area contributed by atoms with Crippen LogP contribution in [0.1, 0.15) is 12.8 Å². The molecular formula is C12H17N3O4S. The average molecular weight is 299 g/mol. The normalized spacial score (nSPS) is 20.6. The highest BCUT2D eigenvalue weighted by molar-refractivity contribution is 7.90. The van der Waals surface area contributed by atoms with E-state index >= 15 is 0 Å². The van der Waals surface area contributed by atoms with Crippen molar-refractivity contribution in [3.63, 3.8) is 0 Å². The number of nitrogens with zero attached hydrogens (tertiary/aromatic N) is 3. The third kappa shape index (κ3) is 2.91. The summed E-state index contributed by atoms with van der Waals surface area (Å²) in [5.74, 6) is -1.29. The van der Waals surface area contributed by atoms with Crippen molar-refractivity contribution >= 4 is 22.0 Å². The molecule has 0 saturated carbocycles. The highest BCUT2D eigenvalue weighted by atomic mass is 32.2. The molecule has 0 spiro atoms. The van der Waals surface area contributed by atoms with Gasteiger partial charge in [-0.05, 0) is 25.0 Å². The number of carbonyl (C=O) groups is 1. The average Bonchev–Trinajstić information content (AvgIpc) is 2.47. The molecule has 7 nitrogen and oxygen atoms in total. The van der Waals surface area contributed by atoms with Gasteiger partial charge in [-0.2, -0.15) is 12.7 Å². The fourth-order valence-corrected chi connectivity index (χ4v) is 3.60. The summed E-state index contributed by atoms with van der Waals surface area (Å²) in [5.41, 5.74) is 0. The minimum Gasteiger partial charge on any atom is -0.481 e. The van der Waals surface area contributed by atoms with Crippen LogP contribution >= 0.6 is 0 Å². The standard InChI is InChI=1S/C12H17N3O4S/c1-14(11-6-2-3-7-13-11)20(18,19)15-8-4-5-10(9-15)12(16)17/h2-3,6-7,10H,4-5,8-9H2,1H3,(H,16,17). The van der Waals surface area contributed by atoms with Crippen molar-refractivity contribution in [3.8, 4) is 0 Å². The fourth-order valence-electron chi connectivity index (χ4n) is 2.18.